The van der Waals surface area contributed by atoms with Crippen LogP contribution in [-0.4, -0.2) is 29.2 Å². The summed E-state index contributed by atoms with van der Waals surface area (Å²) in [6.07, 6.45) is 2.05. The van der Waals surface area contributed by atoms with Crippen molar-refractivity contribution in [2.75, 3.05) is 6.61 Å². The first-order chi connectivity index (χ1) is 10.7. The second kappa shape index (κ2) is 6.36. The van der Waals surface area contributed by atoms with Crippen LogP contribution in [0, 0.1) is 0 Å². The first-order valence-electron chi connectivity index (χ1n) is 7.69. The average Bonchev–Trinajstić information content (AvgIpc) is 3.15. The van der Waals surface area contributed by atoms with Gasteiger partial charge in [0.2, 0.25) is 5.91 Å². The number of nitrogens with one attached hydrogen (secondary N) is 1. The van der Waals surface area contributed by atoms with E-state index in [1.807, 2.05) is 25.1 Å². The summed E-state index contributed by atoms with van der Waals surface area (Å²) in [5.74, 6) is -0.490. The molecule has 0 saturated carbocycles. The Morgan fingerprint density at radius 1 is 1.45 bits per heavy atom. The van der Waals surface area contributed by atoms with E-state index >= 15 is 0 Å². The lowest BCUT2D eigenvalue weighted by molar-refractivity contribution is -0.130. The van der Waals surface area contributed by atoms with Crippen LogP contribution < -0.4 is 11.1 Å². The van der Waals surface area contributed by atoms with Crippen LogP contribution in [-0.2, 0) is 16.1 Å². The summed E-state index contributed by atoms with van der Waals surface area (Å²) in [6, 6.07) is 7.16. The lowest BCUT2D eigenvalue weighted by Gasteiger charge is -2.19. The standard InChI is InChI=1S/C16H20N2O4/c1-2-11(17-15(19)14-8-5-9-21-14)10-18-12-6-3-4-7-13(12)22-16(18)20/h3-4,6-7,11,14H,2,5,8-10H2,1H3,(H,17,19)/t11-,14?/m1/s1. The van der Waals surface area contributed by atoms with Gasteiger partial charge in [0.15, 0.2) is 5.58 Å². The van der Waals surface area contributed by atoms with Gasteiger partial charge in [-0.25, -0.2) is 4.79 Å². The molecule has 1 aliphatic rings. The predicted octanol–water partition coefficient (Wildman–Crippen LogP) is 1.67. The van der Waals surface area contributed by atoms with Crippen LogP contribution in [0.15, 0.2) is 33.5 Å². The Morgan fingerprint density at radius 3 is 3.00 bits per heavy atom. The van der Waals surface area contributed by atoms with Gasteiger partial charge < -0.3 is 14.5 Å². The topological polar surface area (TPSA) is 73.5 Å². The Kier molecular flexibility index (Phi) is 4.29. The van der Waals surface area contributed by atoms with E-state index in [1.54, 1.807) is 10.6 Å². The van der Waals surface area contributed by atoms with E-state index in [1.165, 1.54) is 0 Å². The predicted molar refractivity (Wildman–Crippen MR) is 81.7 cm³/mol. The third kappa shape index (κ3) is 2.92. The molecule has 2 atom stereocenters. The van der Waals surface area contributed by atoms with Gasteiger partial charge in [0.1, 0.15) is 6.10 Å². The van der Waals surface area contributed by atoms with Crippen molar-refractivity contribution < 1.29 is 13.9 Å². The summed E-state index contributed by atoms with van der Waals surface area (Å²) in [5, 5.41) is 2.97. The van der Waals surface area contributed by atoms with Gasteiger partial charge in [-0.3, -0.25) is 9.36 Å². The molecule has 2 aromatic rings. The average molecular weight is 304 g/mol. The largest absolute Gasteiger partial charge is 0.420 e. The maximum Gasteiger partial charge on any atom is 0.420 e. The van der Waals surface area contributed by atoms with Crippen molar-refractivity contribution in [2.45, 2.75) is 44.9 Å². The summed E-state index contributed by atoms with van der Waals surface area (Å²) in [4.78, 5) is 24.1. The number of benzene rings is 1. The number of carbonyl (C=O) groups is 1. The molecular formula is C16H20N2O4. The molecule has 1 aromatic carbocycles. The second-order valence-electron chi connectivity index (χ2n) is 5.56. The van der Waals surface area contributed by atoms with E-state index in [-0.39, 0.29) is 18.1 Å². The number of rotatable bonds is 5. The maximum atomic E-state index is 12.1. The number of hydrogen-bond acceptors (Lipinski definition) is 4. The third-order valence-electron chi connectivity index (χ3n) is 4.04. The van der Waals surface area contributed by atoms with Gasteiger partial charge >= 0.3 is 5.76 Å². The Hall–Kier alpha value is -2.08. The number of para-hydroxylation sites is 2. The molecule has 1 aromatic heterocycles. The van der Waals surface area contributed by atoms with Crippen molar-refractivity contribution in [3.05, 3.63) is 34.8 Å². The van der Waals surface area contributed by atoms with E-state index < -0.39 is 5.76 Å². The molecule has 1 aliphatic heterocycles. The van der Waals surface area contributed by atoms with Gasteiger partial charge in [0, 0.05) is 19.2 Å². The SMILES string of the molecule is CC[C@H](Cn1c(=O)oc2ccccc21)NC(=O)C1CCCO1. The van der Waals surface area contributed by atoms with Crippen molar-refractivity contribution in [3.8, 4) is 0 Å². The smallest absolute Gasteiger partial charge is 0.408 e. The first-order valence-corrected chi connectivity index (χ1v) is 7.69. The number of oxazole rings is 1. The van der Waals surface area contributed by atoms with Crippen LogP contribution in [0.2, 0.25) is 0 Å². The minimum absolute atomic E-state index is 0.0924. The van der Waals surface area contributed by atoms with Crippen LogP contribution >= 0.6 is 0 Å². The lowest BCUT2D eigenvalue weighted by Crippen LogP contribution is -2.43. The van der Waals surface area contributed by atoms with Crippen LogP contribution in [0.1, 0.15) is 26.2 Å². The lowest BCUT2D eigenvalue weighted by atomic mass is 10.1. The zero-order valence-corrected chi connectivity index (χ0v) is 12.6. The summed E-state index contributed by atoms with van der Waals surface area (Å²) in [5.41, 5.74) is 1.31. The van der Waals surface area contributed by atoms with E-state index in [0.717, 1.165) is 24.8 Å². The van der Waals surface area contributed by atoms with Gasteiger partial charge in [0.05, 0.1) is 5.52 Å². The van der Waals surface area contributed by atoms with Gasteiger partial charge in [-0.15, -0.1) is 0 Å². The van der Waals surface area contributed by atoms with Gasteiger partial charge in [0.25, 0.3) is 0 Å². The van der Waals surface area contributed by atoms with Crippen molar-refractivity contribution in [1.29, 1.82) is 0 Å². The number of nitrogens with zero attached hydrogens (tertiary/aromatic N) is 1. The molecule has 1 saturated heterocycles. The van der Waals surface area contributed by atoms with Crippen molar-refractivity contribution in [2.24, 2.45) is 0 Å². The maximum absolute atomic E-state index is 12.1. The Labute approximate surface area is 128 Å². The first kappa shape index (κ1) is 14.8. The highest BCUT2D eigenvalue weighted by molar-refractivity contribution is 5.81. The molecule has 1 unspecified atom stereocenters. The minimum Gasteiger partial charge on any atom is -0.408 e. The molecule has 22 heavy (non-hydrogen) atoms. The van der Waals surface area contributed by atoms with Gasteiger partial charge in [-0.1, -0.05) is 19.1 Å². The zero-order chi connectivity index (χ0) is 15.5. The van der Waals surface area contributed by atoms with E-state index in [4.69, 9.17) is 9.15 Å². The molecule has 1 N–H and O–H groups in total. The molecule has 3 rings (SSSR count). The molecular weight excluding hydrogens is 284 g/mol. The van der Waals surface area contributed by atoms with Gasteiger partial charge in [-0.2, -0.15) is 0 Å². The number of fused-ring (bicyclic) bond motifs is 1. The molecule has 2 heterocycles. The fraction of sp³-hybridized carbons (Fsp3) is 0.500. The highest BCUT2D eigenvalue weighted by atomic mass is 16.5. The fourth-order valence-corrected chi connectivity index (χ4v) is 2.76. The number of carbonyl (C=O) groups excluding carboxylic acids is 1. The summed E-state index contributed by atoms with van der Waals surface area (Å²) >= 11 is 0. The van der Waals surface area contributed by atoms with E-state index in [9.17, 15) is 9.59 Å². The van der Waals surface area contributed by atoms with Crippen molar-refractivity contribution in [3.63, 3.8) is 0 Å². The molecule has 0 spiro atoms. The number of hydrogen-bond donors (Lipinski definition) is 1. The van der Waals surface area contributed by atoms with E-state index in [0.29, 0.717) is 18.7 Å². The van der Waals surface area contributed by atoms with Crippen LogP contribution in [0.25, 0.3) is 11.1 Å². The molecule has 0 bridgehead atoms. The number of ether oxygens (including phenoxy) is 1. The molecule has 118 valence electrons. The monoisotopic (exact) mass is 304 g/mol. The van der Waals surface area contributed by atoms with Crippen molar-refractivity contribution in [1.82, 2.24) is 9.88 Å². The molecule has 6 nitrogen and oxygen atoms in total. The summed E-state index contributed by atoms with van der Waals surface area (Å²) in [6.45, 7) is 3.01. The number of aromatic nitrogens is 1. The third-order valence-corrected chi connectivity index (χ3v) is 4.04. The molecule has 0 radical (unpaired) electrons. The highest BCUT2D eigenvalue weighted by Crippen LogP contribution is 2.14. The van der Waals surface area contributed by atoms with Crippen LogP contribution in [0.4, 0.5) is 0 Å². The minimum atomic E-state index is -0.397. The Balaban J connectivity index is 1.75. The van der Waals surface area contributed by atoms with Crippen LogP contribution in [0.5, 0.6) is 0 Å². The summed E-state index contributed by atoms with van der Waals surface area (Å²) in [7, 11) is 0. The Bertz CT molecular complexity index is 712. The second-order valence-corrected chi connectivity index (χ2v) is 5.56. The highest BCUT2D eigenvalue weighted by Gasteiger charge is 2.25. The number of amides is 1. The van der Waals surface area contributed by atoms with E-state index in [2.05, 4.69) is 5.32 Å². The fourth-order valence-electron chi connectivity index (χ4n) is 2.76. The Morgan fingerprint density at radius 2 is 2.27 bits per heavy atom. The normalized spacial score (nSPS) is 19.4. The zero-order valence-electron chi connectivity index (χ0n) is 12.6. The van der Waals surface area contributed by atoms with Gasteiger partial charge in [-0.05, 0) is 31.4 Å². The van der Waals surface area contributed by atoms with Crippen molar-refractivity contribution >= 4 is 17.0 Å². The quantitative estimate of drug-likeness (QED) is 0.912. The molecule has 1 fully saturated rings. The molecule has 6 heteroatoms. The molecule has 0 aliphatic carbocycles. The summed E-state index contributed by atoms with van der Waals surface area (Å²) < 4.78 is 12.2. The molecule has 1 amide bonds. The van der Waals surface area contributed by atoms with Crippen LogP contribution in [0.3, 0.4) is 0 Å².